The lowest BCUT2D eigenvalue weighted by molar-refractivity contribution is 0.101. The van der Waals surface area contributed by atoms with E-state index >= 15 is 0 Å². The molecule has 0 atom stereocenters. The summed E-state index contributed by atoms with van der Waals surface area (Å²) in [7, 11) is 1.58. The third-order valence-electron chi connectivity index (χ3n) is 3.16. The minimum Gasteiger partial charge on any atom is -0.496 e. The maximum atomic E-state index is 12.3. The van der Waals surface area contributed by atoms with Gasteiger partial charge in [-0.25, -0.2) is 9.97 Å². The smallest absolute Gasteiger partial charge is 0.293 e. The zero-order valence-corrected chi connectivity index (χ0v) is 14.4. The normalized spacial score (nSPS) is 10.6. The fourth-order valence-corrected chi connectivity index (χ4v) is 2.74. The van der Waals surface area contributed by atoms with Crippen molar-refractivity contribution < 1.29 is 9.53 Å². The zero-order valence-electron chi connectivity index (χ0n) is 12.0. The van der Waals surface area contributed by atoms with E-state index in [0.29, 0.717) is 22.0 Å². The Hall–Kier alpha value is -2.18. The van der Waals surface area contributed by atoms with E-state index in [2.05, 4.69) is 31.2 Å². The highest BCUT2D eigenvalue weighted by Gasteiger charge is 2.12. The van der Waals surface area contributed by atoms with Gasteiger partial charge in [0.1, 0.15) is 5.75 Å². The van der Waals surface area contributed by atoms with E-state index < -0.39 is 5.91 Å². The highest BCUT2D eigenvalue weighted by molar-refractivity contribution is 9.10. The summed E-state index contributed by atoms with van der Waals surface area (Å²) >= 11 is 9.32. The fourth-order valence-electron chi connectivity index (χ4n) is 2.04. The Morgan fingerprint density at radius 1 is 1.26 bits per heavy atom. The van der Waals surface area contributed by atoms with Crippen LogP contribution in [0.3, 0.4) is 0 Å². The second kappa shape index (κ2) is 6.52. The first-order valence-electron chi connectivity index (χ1n) is 6.64. The molecule has 0 spiro atoms. The summed E-state index contributed by atoms with van der Waals surface area (Å²) in [6, 6.07) is 10.5. The molecule has 0 unspecified atom stereocenters. The van der Waals surface area contributed by atoms with Gasteiger partial charge in [0.25, 0.3) is 5.91 Å². The van der Waals surface area contributed by atoms with E-state index in [4.69, 9.17) is 16.3 Å². The predicted molar refractivity (Wildman–Crippen MR) is 93.2 cm³/mol. The molecule has 3 rings (SSSR count). The van der Waals surface area contributed by atoms with Crippen molar-refractivity contribution in [3.05, 3.63) is 57.9 Å². The number of hydrogen-bond donors (Lipinski definition) is 1. The lowest BCUT2D eigenvalue weighted by Crippen LogP contribution is -2.15. The van der Waals surface area contributed by atoms with Gasteiger partial charge in [-0.15, -0.1) is 0 Å². The summed E-state index contributed by atoms with van der Waals surface area (Å²) in [6.45, 7) is 0. The van der Waals surface area contributed by atoms with E-state index in [-0.39, 0.29) is 5.82 Å². The zero-order chi connectivity index (χ0) is 16.4. The molecule has 0 saturated carbocycles. The molecule has 0 saturated heterocycles. The van der Waals surface area contributed by atoms with Gasteiger partial charge in [0, 0.05) is 22.3 Å². The molecule has 0 aliphatic heterocycles. The van der Waals surface area contributed by atoms with Gasteiger partial charge in [0.15, 0.2) is 0 Å². The van der Waals surface area contributed by atoms with Crippen LogP contribution in [0.2, 0.25) is 5.02 Å². The number of nitrogens with zero attached hydrogens (tertiary/aromatic N) is 2. The third-order valence-corrected chi connectivity index (χ3v) is 4.01. The first-order valence-corrected chi connectivity index (χ1v) is 7.81. The minimum atomic E-state index is -0.399. The van der Waals surface area contributed by atoms with Gasteiger partial charge in [0.05, 0.1) is 17.1 Å². The second-order valence-corrected chi connectivity index (χ2v) is 5.99. The average Bonchev–Trinajstić information content (AvgIpc) is 2.54. The Bertz CT molecular complexity index is 902. The average molecular weight is 393 g/mol. The summed E-state index contributed by atoms with van der Waals surface area (Å²) in [5.74, 6) is 0.357. The van der Waals surface area contributed by atoms with Gasteiger partial charge >= 0.3 is 0 Å². The highest BCUT2D eigenvalue weighted by Crippen LogP contribution is 2.27. The molecule has 0 radical (unpaired) electrons. The number of fused-ring (bicyclic) bond motifs is 1. The molecule has 5 nitrogen and oxygen atoms in total. The van der Waals surface area contributed by atoms with Crippen molar-refractivity contribution >= 4 is 50.0 Å². The van der Waals surface area contributed by atoms with Crippen LogP contribution in [0.15, 0.2) is 47.1 Å². The summed E-state index contributed by atoms with van der Waals surface area (Å²) in [6.07, 6.45) is 1.59. The van der Waals surface area contributed by atoms with E-state index in [1.165, 1.54) is 0 Å². The molecule has 116 valence electrons. The number of nitrogens with one attached hydrogen (secondary N) is 1. The van der Waals surface area contributed by atoms with Gasteiger partial charge in [-0.2, -0.15) is 0 Å². The lowest BCUT2D eigenvalue weighted by atomic mass is 10.2. The van der Waals surface area contributed by atoms with Gasteiger partial charge in [0.2, 0.25) is 5.82 Å². The molecule has 1 amide bonds. The number of benzene rings is 2. The predicted octanol–water partition coefficient (Wildman–Crippen LogP) is 4.31. The molecule has 2 aromatic carbocycles. The second-order valence-electron chi connectivity index (χ2n) is 4.70. The number of ether oxygens (including phenoxy) is 1. The monoisotopic (exact) mass is 391 g/mol. The number of rotatable bonds is 3. The van der Waals surface area contributed by atoms with Crippen LogP contribution in [0.25, 0.3) is 10.9 Å². The molecule has 0 fully saturated rings. The van der Waals surface area contributed by atoms with Gasteiger partial charge in [-0.1, -0.05) is 11.6 Å². The molecular formula is C16H11BrClN3O2. The van der Waals surface area contributed by atoms with Crippen molar-refractivity contribution in [1.29, 1.82) is 0 Å². The number of carbonyl (C=O) groups excluding carboxylic acids is 1. The molecule has 0 aliphatic carbocycles. The highest BCUT2D eigenvalue weighted by atomic mass is 79.9. The van der Waals surface area contributed by atoms with E-state index in [1.807, 2.05) is 0 Å². The quantitative estimate of drug-likeness (QED) is 0.721. The lowest BCUT2D eigenvalue weighted by Gasteiger charge is -2.08. The maximum Gasteiger partial charge on any atom is 0.293 e. The summed E-state index contributed by atoms with van der Waals surface area (Å²) < 4.78 is 5.89. The summed E-state index contributed by atoms with van der Waals surface area (Å²) in [4.78, 5) is 20.6. The van der Waals surface area contributed by atoms with Gasteiger partial charge in [-0.05, 0) is 52.3 Å². The molecule has 0 aliphatic rings. The van der Waals surface area contributed by atoms with Crippen molar-refractivity contribution in [1.82, 2.24) is 9.97 Å². The Kier molecular flexibility index (Phi) is 4.45. The number of hydrogen-bond acceptors (Lipinski definition) is 4. The largest absolute Gasteiger partial charge is 0.496 e. The summed E-state index contributed by atoms with van der Waals surface area (Å²) in [5.41, 5.74) is 1.23. The molecule has 1 aromatic heterocycles. The van der Waals surface area contributed by atoms with E-state index in [0.717, 1.165) is 9.86 Å². The number of anilines is 1. The number of halogens is 2. The standard InChI is InChI=1S/C16H11BrClN3O2/c1-23-14-5-4-11(7-12(14)17)20-16(22)15-19-8-9-2-3-10(18)6-13(9)21-15/h2-8H,1H3,(H,20,22). The number of aromatic nitrogens is 2. The molecule has 1 N–H and O–H groups in total. The van der Waals surface area contributed by atoms with Crippen LogP contribution >= 0.6 is 27.5 Å². The van der Waals surface area contributed by atoms with Crippen LogP contribution in [0.5, 0.6) is 5.75 Å². The minimum absolute atomic E-state index is 0.0757. The van der Waals surface area contributed by atoms with E-state index in [1.54, 1.807) is 49.7 Å². The Balaban J connectivity index is 1.86. The van der Waals surface area contributed by atoms with Gasteiger partial charge < -0.3 is 10.1 Å². The van der Waals surface area contributed by atoms with Crippen LogP contribution < -0.4 is 10.1 Å². The fraction of sp³-hybridized carbons (Fsp3) is 0.0625. The van der Waals surface area contributed by atoms with E-state index in [9.17, 15) is 4.79 Å². The number of carbonyl (C=O) groups is 1. The Labute approximate surface area is 145 Å². The molecule has 3 aromatic rings. The van der Waals surface area contributed by atoms with Crippen LogP contribution in [-0.4, -0.2) is 23.0 Å². The van der Waals surface area contributed by atoms with Crippen LogP contribution in [0.4, 0.5) is 5.69 Å². The topological polar surface area (TPSA) is 64.1 Å². The summed E-state index contributed by atoms with van der Waals surface area (Å²) in [5, 5.41) is 4.12. The Morgan fingerprint density at radius 2 is 2.09 bits per heavy atom. The number of methoxy groups -OCH3 is 1. The van der Waals surface area contributed by atoms with Crippen molar-refractivity contribution in [3.8, 4) is 5.75 Å². The SMILES string of the molecule is COc1ccc(NC(=O)c2ncc3ccc(Cl)cc3n2)cc1Br. The maximum absolute atomic E-state index is 12.3. The van der Waals surface area contributed by atoms with Crippen LogP contribution in [0.1, 0.15) is 10.6 Å². The molecule has 1 heterocycles. The van der Waals surface area contributed by atoms with Crippen molar-refractivity contribution in [2.45, 2.75) is 0 Å². The first kappa shape index (κ1) is 15.7. The molecular weight excluding hydrogens is 382 g/mol. The number of amides is 1. The third kappa shape index (κ3) is 3.43. The Morgan fingerprint density at radius 3 is 2.83 bits per heavy atom. The van der Waals surface area contributed by atoms with Crippen LogP contribution in [-0.2, 0) is 0 Å². The van der Waals surface area contributed by atoms with Crippen molar-refractivity contribution in [2.75, 3.05) is 12.4 Å². The molecule has 0 bridgehead atoms. The molecule has 7 heteroatoms. The van der Waals surface area contributed by atoms with Crippen LogP contribution in [0, 0.1) is 0 Å². The first-order chi connectivity index (χ1) is 11.1. The molecule has 23 heavy (non-hydrogen) atoms. The van der Waals surface area contributed by atoms with Gasteiger partial charge in [-0.3, -0.25) is 4.79 Å². The van der Waals surface area contributed by atoms with Crippen molar-refractivity contribution in [3.63, 3.8) is 0 Å². The van der Waals surface area contributed by atoms with Crippen molar-refractivity contribution in [2.24, 2.45) is 0 Å².